The Morgan fingerprint density at radius 2 is 2.06 bits per heavy atom. The Balaban J connectivity index is 2.14. The van der Waals surface area contributed by atoms with E-state index >= 15 is 0 Å². The maximum atomic E-state index is 3.67. The van der Waals surface area contributed by atoms with Crippen molar-refractivity contribution >= 4 is 0 Å². The lowest BCUT2D eigenvalue weighted by atomic mass is 9.98. The van der Waals surface area contributed by atoms with Crippen molar-refractivity contribution in [3.05, 3.63) is 0 Å². The molecule has 1 N–H and O–H groups in total. The van der Waals surface area contributed by atoms with Gasteiger partial charge in [0.2, 0.25) is 0 Å². The fourth-order valence-corrected chi connectivity index (χ4v) is 2.54. The molecule has 0 bridgehead atoms. The largest absolute Gasteiger partial charge is 0.314 e. The summed E-state index contributed by atoms with van der Waals surface area (Å²) in [5, 5.41) is 3.67. The zero-order chi connectivity index (χ0) is 12.0. The average molecular weight is 226 g/mol. The van der Waals surface area contributed by atoms with Gasteiger partial charge in [-0.05, 0) is 52.2 Å². The third kappa shape index (κ3) is 4.42. The minimum atomic E-state index is 0.666. The molecule has 0 amide bonds. The predicted octanol–water partition coefficient (Wildman–Crippen LogP) is 2.89. The van der Waals surface area contributed by atoms with Gasteiger partial charge in [-0.25, -0.2) is 0 Å². The molecule has 0 spiro atoms. The average Bonchev–Trinajstić information content (AvgIpc) is 2.30. The molecule has 0 radical (unpaired) electrons. The Labute approximate surface area is 102 Å². The number of likely N-dealkylation sites (tertiary alicyclic amines) is 1. The van der Waals surface area contributed by atoms with Crippen molar-refractivity contribution in [3.63, 3.8) is 0 Å². The molecule has 1 heterocycles. The molecule has 1 fully saturated rings. The van der Waals surface area contributed by atoms with E-state index in [4.69, 9.17) is 0 Å². The molecule has 1 saturated heterocycles. The van der Waals surface area contributed by atoms with Crippen LogP contribution >= 0.6 is 0 Å². The van der Waals surface area contributed by atoms with E-state index in [2.05, 4.69) is 38.0 Å². The van der Waals surface area contributed by atoms with E-state index in [9.17, 15) is 0 Å². The fourth-order valence-electron chi connectivity index (χ4n) is 2.54. The summed E-state index contributed by atoms with van der Waals surface area (Å²) in [6.45, 7) is 9.41. The summed E-state index contributed by atoms with van der Waals surface area (Å²) in [4.78, 5) is 2.54. The third-order valence-corrected chi connectivity index (χ3v) is 4.36. The molecule has 16 heavy (non-hydrogen) atoms. The lowest BCUT2D eigenvalue weighted by Crippen LogP contribution is -2.40. The molecule has 0 saturated carbocycles. The van der Waals surface area contributed by atoms with Gasteiger partial charge in [-0.3, -0.25) is 0 Å². The van der Waals surface area contributed by atoms with Crippen LogP contribution in [-0.2, 0) is 0 Å². The Morgan fingerprint density at radius 1 is 1.31 bits per heavy atom. The first-order chi connectivity index (χ1) is 7.65. The molecule has 3 unspecified atom stereocenters. The zero-order valence-corrected chi connectivity index (χ0v) is 11.6. The monoisotopic (exact) mass is 226 g/mol. The van der Waals surface area contributed by atoms with E-state index in [1.165, 1.54) is 45.2 Å². The van der Waals surface area contributed by atoms with Crippen LogP contribution in [0.3, 0.4) is 0 Å². The van der Waals surface area contributed by atoms with Crippen molar-refractivity contribution in [1.82, 2.24) is 10.2 Å². The van der Waals surface area contributed by atoms with Gasteiger partial charge in [0.1, 0.15) is 0 Å². The molecule has 1 aliphatic heterocycles. The molecule has 0 aromatic heterocycles. The quantitative estimate of drug-likeness (QED) is 0.749. The first-order valence-corrected chi connectivity index (χ1v) is 7.08. The van der Waals surface area contributed by atoms with Crippen LogP contribution in [0.1, 0.15) is 52.9 Å². The van der Waals surface area contributed by atoms with Crippen LogP contribution in [0, 0.1) is 5.92 Å². The molecule has 96 valence electrons. The van der Waals surface area contributed by atoms with Crippen molar-refractivity contribution in [2.75, 3.05) is 20.1 Å². The van der Waals surface area contributed by atoms with Crippen LogP contribution in [0.5, 0.6) is 0 Å². The highest BCUT2D eigenvalue weighted by Gasteiger charge is 2.18. The summed E-state index contributed by atoms with van der Waals surface area (Å²) in [5.41, 5.74) is 0. The van der Waals surface area contributed by atoms with Gasteiger partial charge < -0.3 is 10.2 Å². The molecule has 3 atom stereocenters. The van der Waals surface area contributed by atoms with Gasteiger partial charge in [0, 0.05) is 12.1 Å². The third-order valence-electron chi connectivity index (χ3n) is 4.36. The minimum absolute atomic E-state index is 0.666. The van der Waals surface area contributed by atoms with Crippen LogP contribution in [-0.4, -0.2) is 37.1 Å². The van der Waals surface area contributed by atoms with Gasteiger partial charge in [-0.15, -0.1) is 0 Å². The van der Waals surface area contributed by atoms with Crippen molar-refractivity contribution < 1.29 is 0 Å². The number of rotatable bonds is 6. The number of hydrogen-bond donors (Lipinski definition) is 1. The number of piperidine rings is 1. The van der Waals surface area contributed by atoms with E-state index in [0.717, 1.165) is 12.0 Å². The SMILES string of the molecule is CCC(C)C(C)NCCC1CCCCN1C. The highest BCUT2D eigenvalue weighted by atomic mass is 15.1. The molecule has 0 aromatic carbocycles. The zero-order valence-electron chi connectivity index (χ0n) is 11.6. The van der Waals surface area contributed by atoms with Gasteiger partial charge in [-0.2, -0.15) is 0 Å². The standard InChI is InChI=1S/C14H30N2/c1-5-12(2)13(3)15-10-9-14-8-6-7-11-16(14)4/h12-15H,5-11H2,1-4H3. The molecule has 0 aromatic rings. The summed E-state index contributed by atoms with van der Waals surface area (Å²) in [6.07, 6.45) is 6.81. The van der Waals surface area contributed by atoms with E-state index < -0.39 is 0 Å². The smallest absolute Gasteiger partial charge is 0.0104 e. The summed E-state index contributed by atoms with van der Waals surface area (Å²) in [6, 6.07) is 1.49. The van der Waals surface area contributed by atoms with Crippen LogP contribution in [0.15, 0.2) is 0 Å². The highest BCUT2D eigenvalue weighted by molar-refractivity contribution is 4.76. The van der Waals surface area contributed by atoms with E-state index in [1.54, 1.807) is 0 Å². The highest BCUT2D eigenvalue weighted by Crippen LogP contribution is 2.17. The molecule has 1 aliphatic rings. The van der Waals surface area contributed by atoms with E-state index in [-0.39, 0.29) is 0 Å². The molecule has 0 aliphatic carbocycles. The summed E-state index contributed by atoms with van der Waals surface area (Å²) < 4.78 is 0. The number of nitrogens with one attached hydrogen (secondary N) is 1. The predicted molar refractivity (Wildman–Crippen MR) is 71.8 cm³/mol. The maximum Gasteiger partial charge on any atom is 0.0104 e. The van der Waals surface area contributed by atoms with Crippen LogP contribution in [0.25, 0.3) is 0 Å². The van der Waals surface area contributed by atoms with Crippen LogP contribution in [0.2, 0.25) is 0 Å². The molecular weight excluding hydrogens is 196 g/mol. The number of hydrogen-bond acceptors (Lipinski definition) is 2. The summed E-state index contributed by atoms with van der Waals surface area (Å²) >= 11 is 0. The Morgan fingerprint density at radius 3 is 2.69 bits per heavy atom. The van der Waals surface area contributed by atoms with E-state index in [1.807, 2.05) is 0 Å². The Hall–Kier alpha value is -0.0800. The second-order valence-corrected chi connectivity index (χ2v) is 5.55. The van der Waals surface area contributed by atoms with Crippen molar-refractivity contribution in [3.8, 4) is 0 Å². The molecule has 2 heteroatoms. The van der Waals surface area contributed by atoms with Crippen LogP contribution < -0.4 is 5.32 Å². The van der Waals surface area contributed by atoms with Gasteiger partial charge in [-0.1, -0.05) is 26.7 Å². The Kier molecular flexibility index (Phi) is 6.37. The summed E-state index contributed by atoms with van der Waals surface area (Å²) in [7, 11) is 2.28. The normalized spacial score (nSPS) is 26.6. The molecule has 1 rings (SSSR count). The van der Waals surface area contributed by atoms with Crippen molar-refractivity contribution in [2.45, 2.75) is 65.0 Å². The van der Waals surface area contributed by atoms with Gasteiger partial charge in [0.15, 0.2) is 0 Å². The second-order valence-electron chi connectivity index (χ2n) is 5.55. The first-order valence-electron chi connectivity index (χ1n) is 7.08. The van der Waals surface area contributed by atoms with Crippen molar-refractivity contribution in [1.29, 1.82) is 0 Å². The lowest BCUT2D eigenvalue weighted by molar-refractivity contribution is 0.173. The summed E-state index contributed by atoms with van der Waals surface area (Å²) in [5.74, 6) is 0.795. The first kappa shape index (κ1) is 14.0. The fraction of sp³-hybridized carbons (Fsp3) is 1.00. The van der Waals surface area contributed by atoms with Crippen molar-refractivity contribution in [2.24, 2.45) is 5.92 Å². The number of nitrogens with zero attached hydrogens (tertiary/aromatic N) is 1. The van der Waals surface area contributed by atoms with Gasteiger partial charge >= 0.3 is 0 Å². The van der Waals surface area contributed by atoms with E-state index in [0.29, 0.717) is 6.04 Å². The minimum Gasteiger partial charge on any atom is -0.314 e. The molecule has 2 nitrogen and oxygen atoms in total. The molecular formula is C14H30N2. The van der Waals surface area contributed by atoms with Gasteiger partial charge in [0.05, 0.1) is 0 Å². The maximum absolute atomic E-state index is 3.67. The Bertz CT molecular complexity index is 182. The van der Waals surface area contributed by atoms with Gasteiger partial charge in [0.25, 0.3) is 0 Å². The topological polar surface area (TPSA) is 15.3 Å². The van der Waals surface area contributed by atoms with Crippen LogP contribution in [0.4, 0.5) is 0 Å². The lowest BCUT2D eigenvalue weighted by Gasteiger charge is -2.33. The second kappa shape index (κ2) is 7.29.